The first-order valence-electron chi connectivity index (χ1n) is 4.80. The van der Waals surface area contributed by atoms with E-state index in [1.54, 1.807) is 0 Å². The molecule has 0 unspecified atom stereocenters. The van der Waals surface area contributed by atoms with E-state index in [0.29, 0.717) is 31.6 Å². The first-order chi connectivity index (χ1) is 6.87. The van der Waals surface area contributed by atoms with Crippen LogP contribution in [0, 0.1) is 0 Å². The fraction of sp³-hybridized carbons (Fsp3) is 1.00. The Hall–Kier alpha value is 0.310. The van der Waals surface area contributed by atoms with Crippen molar-refractivity contribution in [1.82, 2.24) is 9.03 Å². The Bertz CT molecular complexity index is 299. The monoisotopic (exact) mass is 300 g/mol. The highest BCUT2D eigenvalue weighted by atomic mass is 79.9. The summed E-state index contributed by atoms with van der Waals surface area (Å²) in [4.78, 5) is 0. The van der Waals surface area contributed by atoms with Crippen LogP contribution < -0.4 is 4.72 Å². The molecule has 15 heavy (non-hydrogen) atoms. The molecule has 1 aliphatic heterocycles. The van der Waals surface area contributed by atoms with Gasteiger partial charge in [-0.1, -0.05) is 15.9 Å². The molecule has 1 N–H and O–H groups in total. The van der Waals surface area contributed by atoms with Gasteiger partial charge in [0.15, 0.2) is 0 Å². The Kier molecular flexibility index (Phi) is 4.54. The van der Waals surface area contributed by atoms with E-state index in [1.807, 2.05) is 13.8 Å². The van der Waals surface area contributed by atoms with E-state index in [9.17, 15) is 8.42 Å². The number of hydrogen-bond donors (Lipinski definition) is 1. The molecule has 0 spiro atoms. The van der Waals surface area contributed by atoms with E-state index >= 15 is 0 Å². The van der Waals surface area contributed by atoms with Gasteiger partial charge in [0.05, 0.1) is 13.2 Å². The summed E-state index contributed by atoms with van der Waals surface area (Å²) in [6.07, 6.45) is 0. The van der Waals surface area contributed by atoms with E-state index in [-0.39, 0.29) is 0 Å². The summed E-state index contributed by atoms with van der Waals surface area (Å²) in [5.41, 5.74) is -0.475. The van der Waals surface area contributed by atoms with Crippen LogP contribution in [0.5, 0.6) is 0 Å². The Labute approximate surface area is 99.5 Å². The molecular weight excluding hydrogens is 284 g/mol. The highest BCUT2D eigenvalue weighted by Crippen LogP contribution is 2.11. The summed E-state index contributed by atoms with van der Waals surface area (Å²) in [5.74, 6) is 0. The van der Waals surface area contributed by atoms with Gasteiger partial charge in [0, 0.05) is 24.0 Å². The van der Waals surface area contributed by atoms with Crippen LogP contribution in [0.15, 0.2) is 0 Å². The molecule has 0 aromatic heterocycles. The second-order valence-corrected chi connectivity index (χ2v) is 6.37. The summed E-state index contributed by atoms with van der Waals surface area (Å²) in [5, 5.41) is 0.573. The summed E-state index contributed by atoms with van der Waals surface area (Å²) in [6, 6.07) is 0. The second kappa shape index (κ2) is 5.09. The lowest BCUT2D eigenvalue weighted by atomic mass is 10.1. The molecule has 1 rings (SSSR count). The van der Waals surface area contributed by atoms with Crippen molar-refractivity contribution >= 4 is 26.1 Å². The molecule has 0 amide bonds. The minimum atomic E-state index is -3.38. The molecule has 0 aromatic carbocycles. The zero-order valence-electron chi connectivity index (χ0n) is 8.99. The zero-order valence-corrected chi connectivity index (χ0v) is 11.4. The lowest BCUT2D eigenvalue weighted by Gasteiger charge is -2.31. The molecule has 1 heterocycles. The number of alkyl halides is 1. The van der Waals surface area contributed by atoms with Gasteiger partial charge >= 0.3 is 0 Å². The molecule has 1 saturated heterocycles. The fourth-order valence-corrected chi connectivity index (χ4v) is 3.08. The first-order valence-corrected chi connectivity index (χ1v) is 7.36. The molecule has 0 aliphatic carbocycles. The summed E-state index contributed by atoms with van der Waals surface area (Å²) < 4.78 is 33.0. The van der Waals surface area contributed by atoms with Gasteiger partial charge in [-0.25, -0.2) is 0 Å². The smallest absolute Gasteiger partial charge is 0.280 e. The van der Waals surface area contributed by atoms with Gasteiger partial charge in [0.1, 0.15) is 0 Å². The van der Waals surface area contributed by atoms with Crippen molar-refractivity contribution in [2.75, 3.05) is 31.6 Å². The topological polar surface area (TPSA) is 58.6 Å². The number of rotatable bonds is 4. The number of nitrogens with one attached hydrogen (secondary N) is 1. The van der Waals surface area contributed by atoms with E-state index in [1.165, 1.54) is 4.31 Å². The van der Waals surface area contributed by atoms with Crippen LogP contribution in [-0.2, 0) is 14.9 Å². The molecule has 0 radical (unpaired) electrons. The molecule has 0 atom stereocenters. The van der Waals surface area contributed by atoms with Gasteiger partial charge in [0.25, 0.3) is 10.2 Å². The van der Waals surface area contributed by atoms with Crippen molar-refractivity contribution in [1.29, 1.82) is 0 Å². The lowest BCUT2D eigenvalue weighted by molar-refractivity contribution is 0.0721. The number of nitrogens with zero attached hydrogens (tertiary/aromatic N) is 1. The molecule has 0 saturated carbocycles. The van der Waals surface area contributed by atoms with E-state index in [2.05, 4.69) is 20.7 Å². The highest BCUT2D eigenvalue weighted by Gasteiger charge is 2.30. The number of ether oxygens (including phenoxy) is 1. The zero-order chi connectivity index (χ0) is 11.5. The molecule has 7 heteroatoms. The lowest BCUT2D eigenvalue weighted by Crippen LogP contribution is -2.53. The number of morpholine rings is 1. The predicted molar refractivity (Wildman–Crippen MR) is 62.3 cm³/mol. The van der Waals surface area contributed by atoms with Crippen molar-refractivity contribution in [3.8, 4) is 0 Å². The molecule has 0 aromatic rings. The van der Waals surface area contributed by atoms with Crippen molar-refractivity contribution < 1.29 is 13.2 Å². The van der Waals surface area contributed by atoms with Crippen LogP contribution in [0.1, 0.15) is 13.8 Å². The average Bonchev–Trinajstić information content (AvgIpc) is 2.18. The Morgan fingerprint density at radius 1 is 1.40 bits per heavy atom. The summed E-state index contributed by atoms with van der Waals surface area (Å²) in [7, 11) is -3.38. The van der Waals surface area contributed by atoms with Crippen molar-refractivity contribution in [3.05, 3.63) is 0 Å². The fourth-order valence-electron chi connectivity index (χ4n) is 1.23. The van der Waals surface area contributed by atoms with E-state index in [4.69, 9.17) is 4.74 Å². The van der Waals surface area contributed by atoms with Gasteiger partial charge in [-0.15, -0.1) is 0 Å². The van der Waals surface area contributed by atoms with Crippen LogP contribution in [0.4, 0.5) is 0 Å². The summed E-state index contributed by atoms with van der Waals surface area (Å²) >= 11 is 3.28. The predicted octanol–water partition coefficient (Wildman–Crippen LogP) is 0.327. The quantitative estimate of drug-likeness (QED) is 0.761. The van der Waals surface area contributed by atoms with Gasteiger partial charge < -0.3 is 4.74 Å². The van der Waals surface area contributed by atoms with Crippen LogP contribution in [-0.4, -0.2) is 49.9 Å². The third-order valence-electron chi connectivity index (χ3n) is 2.05. The third-order valence-corrected chi connectivity index (χ3v) is 5.31. The van der Waals surface area contributed by atoms with Crippen molar-refractivity contribution in [2.24, 2.45) is 0 Å². The molecule has 1 aliphatic rings. The molecule has 90 valence electrons. The van der Waals surface area contributed by atoms with Crippen LogP contribution in [0.2, 0.25) is 0 Å². The minimum absolute atomic E-state index is 0.424. The van der Waals surface area contributed by atoms with Crippen molar-refractivity contribution in [3.63, 3.8) is 0 Å². The maximum Gasteiger partial charge on any atom is 0.280 e. The van der Waals surface area contributed by atoms with E-state index < -0.39 is 15.7 Å². The molecule has 0 bridgehead atoms. The standard InChI is InChI=1S/C8H17BrN2O3S/c1-8(2,7-9)10-15(12,13)11-3-5-14-6-4-11/h10H,3-7H2,1-2H3. The normalized spacial score (nSPS) is 20.5. The van der Waals surface area contributed by atoms with Gasteiger partial charge in [-0.05, 0) is 13.8 Å². The maximum absolute atomic E-state index is 11.9. The van der Waals surface area contributed by atoms with Gasteiger partial charge in [0.2, 0.25) is 0 Å². The van der Waals surface area contributed by atoms with Crippen LogP contribution in [0.3, 0.4) is 0 Å². The average molecular weight is 301 g/mol. The first kappa shape index (κ1) is 13.4. The maximum atomic E-state index is 11.9. The van der Waals surface area contributed by atoms with Crippen molar-refractivity contribution in [2.45, 2.75) is 19.4 Å². The SMILES string of the molecule is CC(C)(CBr)NS(=O)(=O)N1CCOCC1. The molecule has 1 fully saturated rings. The molecule has 5 nitrogen and oxygen atoms in total. The number of hydrogen-bond acceptors (Lipinski definition) is 3. The van der Waals surface area contributed by atoms with Gasteiger partial charge in [-0.3, -0.25) is 0 Å². The largest absolute Gasteiger partial charge is 0.379 e. The Morgan fingerprint density at radius 3 is 2.40 bits per heavy atom. The van der Waals surface area contributed by atoms with E-state index in [0.717, 1.165) is 0 Å². The summed E-state index contributed by atoms with van der Waals surface area (Å²) in [6.45, 7) is 5.45. The van der Waals surface area contributed by atoms with Gasteiger partial charge in [-0.2, -0.15) is 17.4 Å². The number of halogens is 1. The molecular formula is C8H17BrN2O3S. The van der Waals surface area contributed by atoms with Crippen LogP contribution >= 0.6 is 15.9 Å². The third kappa shape index (κ3) is 3.99. The second-order valence-electron chi connectivity index (χ2n) is 4.14. The Morgan fingerprint density at radius 2 is 1.93 bits per heavy atom. The van der Waals surface area contributed by atoms with Crippen LogP contribution in [0.25, 0.3) is 0 Å². The Balaban J connectivity index is 2.65. The highest BCUT2D eigenvalue weighted by molar-refractivity contribution is 9.09. The minimum Gasteiger partial charge on any atom is -0.379 e.